The molecule has 1 fully saturated rings. The highest BCUT2D eigenvalue weighted by atomic mass is 16.5. The molecule has 1 aliphatic rings. The van der Waals surface area contributed by atoms with E-state index < -0.39 is 0 Å². The second-order valence-corrected chi connectivity index (χ2v) is 5.20. The molecule has 6 heteroatoms. The molecule has 0 saturated carbocycles. The van der Waals surface area contributed by atoms with Crippen LogP contribution in [0.3, 0.4) is 0 Å². The number of rotatable bonds is 3. The van der Waals surface area contributed by atoms with Crippen LogP contribution in [0.5, 0.6) is 0 Å². The van der Waals surface area contributed by atoms with Gasteiger partial charge in [0.1, 0.15) is 0 Å². The lowest BCUT2D eigenvalue weighted by atomic mass is 9.94. The van der Waals surface area contributed by atoms with Gasteiger partial charge in [0.2, 0.25) is 0 Å². The smallest absolute Gasteiger partial charge is 0.251 e. The molecule has 2 unspecified atom stereocenters. The number of carbonyl (C=O) groups excluding carboxylic acids is 1. The van der Waals surface area contributed by atoms with Crippen LogP contribution in [0.2, 0.25) is 0 Å². The number of hydrogen-bond acceptors (Lipinski definition) is 4. The van der Waals surface area contributed by atoms with Crippen molar-refractivity contribution in [1.82, 2.24) is 5.32 Å². The molecule has 0 bridgehead atoms. The summed E-state index contributed by atoms with van der Waals surface area (Å²) in [7, 11) is 0. The maximum absolute atomic E-state index is 12.3. The molecule has 1 amide bonds. The molecule has 1 saturated heterocycles. The Labute approximate surface area is 117 Å². The Bertz CT molecular complexity index is 544. The molecule has 0 spiro atoms. The van der Waals surface area contributed by atoms with Crippen molar-refractivity contribution in [2.75, 3.05) is 6.61 Å². The van der Waals surface area contributed by atoms with Crippen LogP contribution in [0.25, 0.3) is 0 Å². The number of amides is 1. The minimum Gasteiger partial charge on any atom is -0.409 e. The summed E-state index contributed by atoms with van der Waals surface area (Å²) >= 11 is 0. The standard InChI is InChI=1S/C14H19N3O3/c1-9-14(2,6-7-20-9)16-13(18)11-5-3-4-10(8-11)12(15)17-19/h3-5,8-9,19H,6-7H2,1-2H3,(H2,15,17)(H,16,18). The maximum Gasteiger partial charge on any atom is 0.251 e. The number of oxime groups is 1. The summed E-state index contributed by atoms with van der Waals surface area (Å²) in [6, 6.07) is 6.65. The van der Waals surface area contributed by atoms with Gasteiger partial charge in [-0.15, -0.1) is 0 Å². The van der Waals surface area contributed by atoms with Crippen molar-refractivity contribution < 1.29 is 14.7 Å². The summed E-state index contributed by atoms with van der Waals surface area (Å²) in [5, 5.41) is 14.6. The number of nitrogens with zero attached hydrogens (tertiary/aromatic N) is 1. The van der Waals surface area contributed by atoms with Gasteiger partial charge in [-0.3, -0.25) is 4.79 Å². The highest BCUT2D eigenvalue weighted by Crippen LogP contribution is 2.25. The zero-order valence-electron chi connectivity index (χ0n) is 11.6. The van der Waals surface area contributed by atoms with Crippen molar-refractivity contribution in [1.29, 1.82) is 0 Å². The molecule has 1 aliphatic heterocycles. The number of amidine groups is 1. The van der Waals surface area contributed by atoms with Crippen molar-refractivity contribution in [3.05, 3.63) is 35.4 Å². The highest BCUT2D eigenvalue weighted by molar-refractivity contribution is 6.01. The predicted octanol–water partition coefficient (Wildman–Crippen LogP) is 1.08. The van der Waals surface area contributed by atoms with Gasteiger partial charge in [-0.2, -0.15) is 0 Å². The van der Waals surface area contributed by atoms with Crippen LogP contribution < -0.4 is 11.1 Å². The molecule has 0 radical (unpaired) electrons. The topological polar surface area (TPSA) is 96.9 Å². The number of benzene rings is 1. The Balaban J connectivity index is 2.18. The summed E-state index contributed by atoms with van der Waals surface area (Å²) < 4.78 is 5.50. The molecule has 4 N–H and O–H groups in total. The molecule has 2 rings (SSSR count). The highest BCUT2D eigenvalue weighted by Gasteiger charge is 2.38. The van der Waals surface area contributed by atoms with Crippen molar-refractivity contribution in [2.24, 2.45) is 10.9 Å². The first kappa shape index (κ1) is 14.3. The summed E-state index contributed by atoms with van der Waals surface area (Å²) in [6.45, 7) is 4.55. The number of carbonyl (C=O) groups is 1. The van der Waals surface area contributed by atoms with E-state index in [9.17, 15) is 4.79 Å². The van der Waals surface area contributed by atoms with Crippen LogP contribution in [0.15, 0.2) is 29.4 Å². The van der Waals surface area contributed by atoms with E-state index in [1.807, 2.05) is 13.8 Å². The summed E-state index contributed by atoms with van der Waals surface area (Å²) in [4.78, 5) is 12.3. The summed E-state index contributed by atoms with van der Waals surface area (Å²) in [5.41, 5.74) is 6.12. The third-order valence-corrected chi connectivity index (χ3v) is 3.81. The van der Waals surface area contributed by atoms with E-state index in [-0.39, 0.29) is 23.4 Å². The molecule has 0 aliphatic carbocycles. The van der Waals surface area contributed by atoms with Crippen molar-refractivity contribution in [2.45, 2.75) is 31.9 Å². The molecule has 2 atom stereocenters. The van der Waals surface area contributed by atoms with Crippen molar-refractivity contribution >= 4 is 11.7 Å². The minimum atomic E-state index is -0.371. The van der Waals surface area contributed by atoms with Crippen LogP contribution in [-0.2, 0) is 4.74 Å². The van der Waals surface area contributed by atoms with E-state index in [1.165, 1.54) is 0 Å². The van der Waals surface area contributed by atoms with Gasteiger partial charge in [-0.05, 0) is 32.4 Å². The van der Waals surface area contributed by atoms with Gasteiger partial charge in [-0.25, -0.2) is 0 Å². The lowest BCUT2D eigenvalue weighted by Crippen LogP contribution is -2.50. The van der Waals surface area contributed by atoms with Crippen molar-refractivity contribution in [3.8, 4) is 0 Å². The largest absolute Gasteiger partial charge is 0.409 e. The monoisotopic (exact) mass is 277 g/mol. The fraction of sp³-hybridized carbons (Fsp3) is 0.429. The van der Waals surface area contributed by atoms with Crippen LogP contribution >= 0.6 is 0 Å². The van der Waals surface area contributed by atoms with Gasteiger partial charge >= 0.3 is 0 Å². The molecule has 0 aromatic heterocycles. The molecule has 1 heterocycles. The normalized spacial score (nSPS) is 26.5. The number of nitrogens with two attached hydrogens (primary N) is 1. The van der Waals surface area contributed by atoms with Gasteiger partial charge in [0.15, 0.2) is 5.84 Å². The molecule has 1 aromatic rings. The summed E-state index contributed by atoms with van der Waals surface area (Å²) in [6.07, 6.45) is 0.749. The third-order valence-electron chi connectivity index (χ3n) is 3.81. The van der Waals surface area contributed by atoms with Crippen LogP contribution in [0.1, 0.15) is 36.2 Å². The lowest BCUT2D eigenvalue weighted by molar-refractivity contribution is 0.0727. The van der Waals surface area contributed by atoms with Crippen LogP contribution in [0.4, 0.5) is 0 Å². The predicted molar refractivity (Wildman–Crippen MR) is 74.9 cm³/mol. The molecular weight excluding hydrogens is 258 g/mol. The fourth-order valence-corrected chi connectivity index (χ4v) is 2.21. The zero-order chi connectivity index (χ0) is 14.8. The lowest BCUT2D eigenvalue weighted by Gasteiger charge is -2.28. The van der Waals surface area contributed by atoms with Crippen LogP contribution in [0, 0.1) is 0 Å². The van der Waals surface area contributed by atoms with E-state index >= 15 is 0 Å². The van der Waals surface area contributed by atoms with E-state index in [2.05, 4.69) is 10.5 Å². The quantitative estimate of drug-likeness (QED) is 0.333. The van der Waals surface area contributed by atoms with E-state index in [1.54, 1.807) is 24.3 Å². The first-order chi connectivity index (χ1) is 9.46. The minimum absolute atomic E-state index is 0.0246. The van der Waals surface area contributed by atoms with Gasteiger partial charge in [-0.1, -0.05) is 17.3 Å². The molecular formula is C14H19N3O3. The molecule has 108 valence electrons. The Kier molecular flexibility index (Phi) is 3.94. The van der Waals surface area contributed by atoms with Crippen molar-refractivity contribution in [3.63, 3.8) is 0 Å². The van der Waals surface area contributed by atoms with E-state index in [0.29, 0.717) is 17.7 Å². The average Bonchev–Trinajstić information content (AvgIpc) is 2.77. The molecule has 6 nitrogen and oxygen atoms in total. The molecule has 20 heavy (non-hydrogen) atoms. The van der Waals surface area contributed by atoms with Gasteiger partial charge < -0.3 is 21.0 Å². The number of nitrogens with one attached hydrogen (secondary N) is 1. The molecule has 1 aromatic carbocycles. The first-order valence-electron chi connectivity index (χ1n) is 6.48. The maximum atomic E-state index is 12.3. The van der Waals surface area contributed by atoms with Gasteiger partial charge in [0.05, 0.1) is 11.6 Å². The second kappa shape index (κ2) is 5.50. The fourth-order valence-electron chi connectivity index (χ4n) is 2.21. The van der Waals surface area contributed by atoms with Gasteiger partial charge in [0, 0.05) is 17.7 Å². The second-order valence-electron chi connectivity index (χ2n) is 5.20. The number of hydrogen-bond donors (Lipinski definition) is 3. The van der Waals surface area contributed by atoms with Gasteiger partial charge in [0.25, 0.3) is 5.91 Å². The number of ether oxygens (including phenoxy) is 1. The SMILES string of the molecule is CC1OCCC1(C)NC(=O)c1cccc(/C(N)=N/O)c1. The van der Waals surface area contributed by atoms with E-state index in [0.717, 1.165) is 6.42 Å². The first-order valence-corrected chi connectivity index (χ1v) is 6.48. The Morgan fingerprint density at radius 2 is 2.25 bits per heavy atom. The average molecular weight is 277 g/mol. The Morgan fingerprint density at radius 1 is 1.55 bits per heavy atom. The van der Waals surface area contributed by atoms with Crippen LogP contribution in [-0.4, -0.2) is 35.2 Å². The Morgan fingerprint density at radius 3 is 2.85 bits per heavy atom. The Hall–Kier alpha value is -2.08. The zero-order valence-corrected chi connectivity index (χ0v) is 11.6. The third kappa shape index (κ3) is 2.75. The van der Waals surface area contributed by atoms with E-state index in [4.69, 9.17) is 15.7 Å². The summed E-state index contributed by atoms with van der Waals surface area (Å²) in [5.74, 6) is -0.221.